The van der Waals surface area contributed by atoms with Crippen LogP contribution in [0.5, 0.6) is 0 Å². The molecule has 0 aromatic rings. The summed E-state index contributed by atoms with van der Waals surface area (Å²) in [7, 11) is 0. The number of hydrogen-bond acceptors (Lipinski definition) is 3. The highest BCUT2D eigenvalue weighted by Gasteiger charge is 2.27. The van der Waals surface area contributed by atoms with Gasteiger partial charge in [0, 0.05) is 32.0 Å². The number of rotatable bonds is 6. The quantitative estimate of drug-likeness (QED) is 0.754. The molecular formula is C15H26N2O3. The molecule has 0 spiro atoms. The third kappa shape index (κ3) is 4.47. The number of carbonyl (C=O) groups is 2. The summed E-state index contributed by atoms with van der Waals surface area (Å²) >= 11 is 0. The normalized spacial score (nSPS) is 21.3. The van der Waals surface area contributed by atoms with Crippen LogP contribution in [0.2, 0.25) is 0 Å². The second-order valence-electron chi connectivity index (χ2n) is 5.96. The smallest absolute Gasteiger partial charge is 0.303 e. The summed E-state index contributed by atoms with van der Waals surface area (Å²) in [5.74, 6) is -0.570. The van der Waals surface area contributed by atoms with Gasteiger partial charge in [-0.1, -0.05) is 0 Å². The number of carboxylic acids is 1. The number of aliphatic carboxylic acids is 1. The topological polar surface area (TPSA) is 60.9 Å². The fourth-order valence-corrected chi connectivity index (χ4v) is 3.30. The molecule has 2 heterocycles. The average molecular weight is 282 g/mol. The van der Waals surface area contributed by atoms with Gasteiger partial charge in [0.25, 0.3) is 0 Å². The van der Waals surface area contributed by atoms with Gasteiger partial charge in [-0.25, -0.2) is 0 Å². The van der Waals surface area contributed by atoms with Crippen LogP contribution in [0.15, 0.2) is 0 Å². The maximum absolute atomic E-state index is 12.0. The standard InChI is InChI=1S/C15H26N2O3/c18-14(5-1-2-6-15(19)20)17-11-7-13(8-12-17)16-9-3-4-10-16/h13H,1-12H2,(H,19,20). The SMILES string of the molecule is O=C(O)CCCCC(=O)N1CCC(N2CCCC2)CC1. The minimum atomic E-state index is -0.774. The largest absolute Gasteiger partial charge is 0.481 e. The summed E-state index contributed by atoms with van der Waals surface area (Å²) in [4.78, 5) is 27.0. The van der Waals surface area contributed by atoms with E-state index in [0.717, 1.165) is 25.9 Å². The van der Waals surface area contributed by atoms with E-state index in [1.165, 1.54) is 25.9 Å². The zero-order valence-electron chi connectivity index (χ0n) is 12.2. The lowest BCUT2D eigenvalue weighted by molar-refractivity contribution is -0.137. The Morgan fingerprint density at radius 2 is 1.55 bits per heavy atom. The van der Waals surface area contributed by atoms with E-state index in [1.54, 1.807) is 0 Å². The Hall–Kier alpha value is -1.10. The van der Waals surface area contributed by atoms with Gasteiger partial charge >= 0.3 is 5.97 Å². The van der Waals surface area contributed by atoms with Gasteiger partial charge < -0.3 is 14.9 Å². The fraction of sp³-hybridized carbons (Fsp3) is 0.867. The second-order valence-corrected chi connectivity index (χ2v) is 5.96. The second kappa shape index (κ2) is 7.62. The van der Waals surface area contributed by atoms with E-state index in [9.17, 15) is 9.59 Å². The average Bonchev–Trinajstić information content (AvgIpc) is 2.97. The van der Waals surface area contributed by atoms with Crippen LogP contribution in [0.1, 0.15) is 51.4 Å². The van der Waals surface area contributed by atoms with Gasteiger partial charge in [-0.05, 0) is 51.6 Å². The molecule has 0 radical (unpaired) electrons. The van der Waals surface area contributed by atoms with E-state index >= 15 is 0 Å². The monoisotopic (exact) mass is 282 g/mol. The third-order valence-electron chi connectivity index (χ3n) is 4.51. The van der Waals surface area contributed by atoms with Gasteiger partial charge in [-0.15, -0.1) is 0 Å². The summed E-state index contributed by atoms with van der Waals surface area (Å²) < 4.78 is 0. The first kappa shape index (κ1) is 15.3. The molecule has 5 nitrogen and oxygen atoms in total. The van der Waals surface area contributed by atoms with Crippen molar-refractivity contribution in [3.05, 3.63) is 0 Å². The van der Waals surface area contributed by atoms with E-state index in [-0.39, 0.29) is 12.3 Å². The zero-order chi connectivity index (χ0) is 14.4. The third-order valence-corrected chi connectivity index (χ3v) is 4.51. The number of nitrogens with zero attached hydrogens (tertiary/aromatic N) is 2. The molecule has 1 amide bonds. The van der Waals surface area contributed by atoms with Gasteiger partial charge in [0.15, 0.2) is 0 Å². The molecule has 20 heavy (non-hydrogen) atoms. The first-order valence-corrected chi connectivity index (χ1v) is 7.90. The lowest BCUT2D eigenvalue weighted by atomic mass is 10.0. The Labute approximate surface area is 120 Å². The number of hydrogen-bond donors (Lipinski definition) is 1. The van der Waals surface area contributed by atoms with Gasteiger partial charge in [0.1, 0.15) is 0 Å². The molecule has 0 aromatic carbocycles. The van der Waals surface area contributed by atoms with Crippen molar-refractivity contribution in [1.29, 1.82) is 0 Å². The summed E-state index contributed by atoms with van der Waals surface area (Å²) in [6.07, 6.45) is 6.81. The zero-order valence-corrected chi connectivity index (χ0v) is 12.2. The highest BCUT2D eigenvalue weighted by Crippen LogP contribution is 2.21. The minimum absolute atomic E-state index is 0.171. The van der Waals surface area contributed by atoms with Crippen molar-refractivity contribution >= 4 is 11.9 Å². The van der Waals surface area contributed by atoms with Crippen molar-refractivity contribution in [2.45, 2.75) is 57.4 Å². The number of piperidine rings is 1. The molecule has 1 N–H and O–H groups in total. The minimum Gasteiger partial charge on any atom is -0.481 e. The number of amides is 1. The van der Waals surface area contributed by atoms with Crippen LogP contribution in [-0.2, 0) is 9.59 Å². The number of unbranched alkanes of at least 4 members (excludes halogenated alkanes) is 1. The molecule has 5 heteroatoms. The molecule has 0 bridgehead atoms. The van der Waals surface area contributed by atoms with Crippen LogP contribution in [0.3, 0.4) is 0 Å². The summed E-state index contributed by atoms with van der Waals surface area (Å²) in [5, 5.41) is 8.56. The van der Waals surface area contributed by atoms with Crippen molar-refractivity contribution in [3.8, 4) is 0 Å². The highest BCUT2D eigenvalue weighted by molar-refractivity contribution is 5.76. The molecule has 2 saturated heterocycles. The van der Waals surface area contributed by atoms with Crippen molar-refractivity contribution in [3.63, 3.8) is 0 Å². The molecule has 2 fully saturated rings. The van der Waals surface area contributed by atoms with Gasteiger partial charge in [0.2, 0.25) is 5.91 Å². The van der Waals surface area contributed by atoms with E-state index in [2.05, 4.69) is 4.90 Å². The lowest BCUT2D eigenvalue weighted by Crippen LogP contribution is -2.45. The molecular weight excluding hydrogens is 256 g/mol. The number of carboxylic acid groups (broad SMARTS) is 1. The van der Waals surface area contributed by atoms with Crippen molar-refractivity contribution in [1.82, 2.24) is 9.80 Å². The number of carbonyl (C=O) groups excluding carboxylic acids is 1. The molecule has 0 aromatic heterocycles. The van der Waals surface area contributed by atoms with E-state index in [0.29, 0.717) is 25.3 Å². The Morgan fingerprint density at radius 3 is 2.15 bits per heavy atom. The van der Waals surface area contributed by atoms with Crippen molar-refractivity contribution < 1.29 is 14.7 Å². The first-order chi connectivity index (χ1) is 9.66. The highest BCUT2D eigenvalue weighted by atomic mass is 16.4. The van der Waals surface area contributed by atoms with E-state index < -0.39 is 5.97 Å². The van der Waals surface area contributed by atoms with Crippen molar-refractivity contribution in [2.75, 3.05) is 26.2 Å². The van der Waals surface area contributed by atoms with Crippen LogP contribution in [0, 0.1) is 0 Å². The van der Waals surface area contributed by atoms with Gasteiger partial charge in [-0.3, -0.25) is 9.59 Å². The maximum atomic E-state index is 12.0. The van der Waals surface area contributed by atoms with Gasteiger partial charge in [0.05, 0.1) is 0 Å². The fourth-order valence-electron chi connectivity index (χ4n) is 3.30. The lowest BCUT2D eigenvalue weighted by Gasteiger charge is -2.36. The Morgan fingerprint density at radius 1 is 0.950 bits per heavy atom. The first-order valence-electron chi connectivity index (χ1n) is 7.90. The summed E-state index contributed by atoms with van der Waals surface area (Å²) in [6, 6.07) is 0.675. The molecule has 2 rings (SSSR count). The van der Waals surface area contributed by atoms with Crippen LogP contribution >= 0.6 is 0 Å². The van der Waals surface area contributed by atoms with Gasteiger partial charge in [-0.2, -0.15) is 0 Å². The Balaban J connectivity index is 1.62. The molecule has 114 valence electrons. The maximum Gasteiger partial charge on any atom is 0.303 e. The van der Waals surface area contributed by atoms with E-state index in [1.807, 2.05) is 4.90 Å². The molecule has 0 unspecified atom stereocenters. The van der Waals surface area contributed by atoms with Crippen LogP contribution in [-0.4, -0.2) is 59.0 Å². The molecule has 2 aliphatic rings. The molecule has 0 aliphatic carbocycles. The molecule has 0 atom stereocenters. The van der Waals surface area contributed by atoms with Crippen molar-refractivity contribution in [2.24, 2.45) is 0 Å². The molecule has 0 saturated carbocycles. The van der Waals surface area contributed by atoms with Crippen LogP contribution in [0.25, 0.3) is 0 Å². The summed E-state index contributed by atoms with van der Waals surface area (Å²) in [6.45, 7) is 4.21. The predicted molar refractivity (Wildman–Crippen MR) is 76.5 cm³/mol. The predicted octanol–water partition coefficient (Wildman–Crippen LogP) is 1.72. The van der Waals surface area contributed by atoms with Crippen LogP contribution in [0.4, 0.5) is 0 Å². The molecule has 2 aliphatic heterocycles. The van der Waals surface area contributed by atoms with E-state index in [4.69, 9.17) is 5.11 Å². The summed E-state index contributed by atoms with van der Waals surface area (Å²) in [5.41, 5.74) is 0. The Kier molecular flexibility index (Phi) is 5.83. The van der Waals surface area contributed by atoms with Crippen LogP contribution < -0.4 is 0 Å². The number of likely N-dealkylation sites (tertiary alicyclic amines) is 2. The Bertz CT molecular complexity index is 332.